The van der Waals surface area contributed by atoms with Gasteiger partial charge >= 0.3 is 0 Å². The molecule has 0 spiro atoms. The van der Waals surface area contributed by atoms with Gasteiger partial charge in [-0.25, -0.2) is 0 Å². The van der Waals surface area contributed by atoms with Crippen molar-refractivity contribution in [2.24, 2.45) is 11.8 Å². The van der Waals surface area contributed by atoms with Gasteiger partial charge in [0, 0.05) is 18.8 Å². The molecule has 3 nitrogen and oxygen atoms in total. The standard InChI is InChI=1S/C18H29NO2/c1-14(2)15-4-6-16(7-5-15)19-17-8-10-18(11-9-17)21-13-12-20-3/h8-11,14-16,19H,4-7,12-13H2,1-3H3. The third-order valence-corrected chi connectivity index (χ3v) is 4.50. The summed E-state index contributed by atoms with van der Waals surface area (Å²) in [5.41, 5.74) is 1.20. The predicted molar refractivity (Wildman–Crippen MR) is 88.0 cm³/mol. The third kappa shape index (κ3) is 5.24. The van der Waals surface area contributed by atoms with E-state index in [2.05, 4.69) is 31.3 Å². The second kappa shape index (κ2) is 8.28. The largest absolute Gasteiger partial charge is 0.491 e. The summed E-state index contributed by atoms with van der Waals surface area (Å²) in [6.45, 7) is 5.92. The molecular weight excluding hydrogens is 262 g/mol. The molecule has 1 aliphatic carbocycles. The molecule has 118 valence electrons. The molecule has 0 aromatic heterocycles. The maximum atomic E-state index is 5.58. The van der Waals surface area contributed by atoms with E-state index in [1.54, 1.807) is 7.11 Å². The quantitative estimate of drug-likeness (QED) is 0.758. The van der Waals surface area contributed by atoms with Gasteiger partial charge in [0.05, 0.1) is 6.61 Å². The molecule has 0 atom stereocenters. The van der Waals surface area contributed by atoms with Crippen LogP contribution >= 0.6 is 0 Å². The van der Waals surface area contributed by atoms with Crippen molar-refractivity contribution >= 4 is 5.69 Å². The molecule has 0 saturated heterocycles. The zero-order valence-electron chi connectivity index (χ0n) is 13.6. The molecule has 0 heterocycles. The molecule has 1 aromatic carbocycles. The summed E-state index contributed by atoms with van der Waals surface area (Å²) in [4.78, 5) is 0. The normalized spacial score (nSPS) is 22.3. The van der Waals surface area contributed by atoms with Gasteiger partial charge in [-0.15, -0.1) is 0 Å². The van der Waals surface area contributed by atoms with Crippen LogP contribution in [0.1, 0.15) is 39.5 Å². The van der Waals surface area contributed by atoms with Crippen LogP contribution in [0.25, 0.3) is 0 Å². The molecule has 2 rings (SSSR count). The number of nitrogens with one attached hydrogen (secondary N) is 1. The Kier molecular flexibility index (Phi) is 6.37. The smallest absolute Gasteiger partial charge is 0.119 e. The minimum atomic E-state index is 0.600. The van der Waals surface area contributed by atoms with Crippen LogP contribution in [-0.2, 0) is 4.74 Å². The van der Waals surface area contributed by atoms with E-state index in [9.17, 15) is 0 Å². The Labute approximate surface area is 129 Å². The summed E-state index contributed by atoms with van der Waals surface area (Å²) in [6, 6.07) is 8.89. The lowest BCUT2D eigenvalue weighted by Gasteiger charge is -2.31. The van der Waals surface area contributed by atoms with Gasteiger partial charge < -0.3 is 14.8 Å². The number of ether oxygens (including phenoxy) is 2. The SMILES string of the molecule is COCCOc1ccc(NC2CCC(C(C)C)CC2)cc1. The number of benzene rings is 1. The monoisotopic (exact) mass is 291 g/mol. The Morgan fingerprint density at radius 3 is 2.29 bits per heavy atom. The minimum Gasteiger partial charge on any atom is -0.491 e. The highest BCUT2D eigenvalue weighted by Gasteiger charge is 2.22. The van der Waals surface area contributed by atoms with Crippen molar-refractivity contribution in [1.29, 1.82) is 0 Å². The lowest BCUT2D eigenvalue weighted by molar-refractivity contribution is 0.146. The van der Waals surface area contributed by atoms with E-state index in [1.165, 1.54) is 31.4 Å². The van der Waals surface area contributed by atoms with Crippen LogP contribution in [0, 0.1) is 11.8 Å². The first-order chi connectivity index (χ1) is 10.2. The highest BCUT2D eigenvalue weighted by Crippen LogP contribution is 2.31. The van der Waals surface area contributed by atoms with Crippen molar-refractivity contribution in [1.82, 2.24) is 0 Å². The molecule has 0 aliphatic heterocycles. The fraction of sp³-hybridized carbons (Fsp3) is 0.667. The average molecular weight is 291 g/mol. The third-order valence-electron chi connectivity index (χ3n) is 4.50. The Morgan fingerprint density at radius 2 is 1.71 bits per heavy atom. The molecule has 0 unspecified atom stereocenters. The van der Waals surface area contributed by atoms with E-state index in [0.29, 0.717) is 19.3 Å². The van der Waals surface area contributed by atoms with Crippen molar-refractivity contribution in [3.63, 3.8) is 0 Å². The minimum absolute atomic E-state index is 0.600. The second-order valence-electron chi connectivity index (χ2n) is 6.37. The second-order valence-corrected chi connectivity index (χ2v) is 6.37. The molecule has 1 N–H and O–H groups in total. The fourth-order valence-corrected chi connectivity index (χ4v) is 3.06. The molecule has 21 heavy (non-hydrogen) atoms. The van der Waals surface area contributed by atoms with Crippen LogP contribution < -0.4 is 10.1 Å². The lowest BCUT2D eigenvalue weighted by atomic mass is 9.79. The lowest BCUT2D eigenvalue weighted by Crippen LogP contribution is -2.27. The summed E-state index contributed by atoms with van der Waals surface area (Å²) >= 11 is 0. The molecule has 0 bridgehead atoms. The van der Waals surface area contributed by atoms with Gasteiger partial charge in [0.25, 0.3) is 0 Å². The van der Waals surface area contributed by atoms with Crippen LogP contribution in [0.3, 0.4) is 0 Å². The first-order valence-corrected chi connectivity index (χ1v) is 8.17. The maximum Gasteiger partial charge on any atom is 0.119 e. The van der Waals surface area contributed by atoms with Crippen molar-refractivity contribution < 1.29 is 9.47 Å². The van der Waals surface area contributed by atoms with Crippen LogP contribution in [0.5, 0.6) is 5.75 Å². The van der Waals surface area contributed by atoms with Crippen LogP contribution in [0.15, 0.2) is 24.3 Å². The predicted octanol–water partition coefficient (Wildman–Crippen LogP) is 4.34. The number of anilines is 1. The Bertz CT molecular complexity index is 394. The number of hydrogen-bond acceptors (Lipinski definition) is 3. The average Bonchev–Trinajstić information content (AvgIpc) is 2.50. The van der Waals surface area contributed by atoms with Gasteiger partial charge in [-0.2, -0.15) is 0 Å². The maximum absolute atomic E-state index is 5.58. The van der Waals surface area contributed by atoms with Gasteiger partial charge in [-0.1, -0.05) is 13.8 Å². The number of hydrogen-bond donors (Lipinski definition) is 1. The summed E-state index contributed by atoms with van der Waals surface area (Å²) in [5.74, 6) is 2.65. The Morgan fingerprint density at radius 1 is 1.05 bits per heavy atom. The Balaban J connectivity index is 1.76. The first kappa shape index (κ1) is 16.2. The van der Waals surface area contributed by atoms with Gasteiger partial charge in [0.1, 0.15) is 12.4 Å². The van der Waals surface area contributed by atoms with Crippen molar-refractivity contribution in [3.8, 4) is 5.75 Å². The molecule has 1 aromatic rings. The molecule has 3 heteroatoms. The van der Waals surface area contributed by atoms with E-state index < -0.39 is 0 Å². The van der Waals surface area contributed by atoms with Crippen molar-refractivity contribution in [3.05, 3.63) is 24.3 Å². The summed E-state index contributed by atoms with van der Waals surface area (Å²) < 4.78 is 10.6. The molecule has 0 radical (unpaired) electrons. The summed E-state index contributed by atoms with van der Waals surface area (Å²) in [6.07, 6.45) is 5.28. The topological polar surface area (TPSA) is 30.5 Å². The van der Waals surface area contributed by atoms with E-state index in [-0.39, 0.29) is 0 Å². The molecule has 1 fully saturated rings. The number of methoxy groups -OCH3 is 1. The number of rotatable bonds is 7. The van der Waals surface area contributed by atoms with Crippen LogP contribution in [-0.4, -0.2) is 26.4 Å². The van der Waals surface area contributed by atoms with Gasteiger partial charge in [-0.3, -0.25) is 0 Å². The van der Waals surface area contributed by atoms with Crippen LogP contribution in [0.2, 0.25) is 0 Å². The van der Waals surface area contributed by atoms with Crippen molar-refractivity contribution in [2.75, 3.05) is 25.6 Å². The van der Waals surface area contributed by atoms with Gasteiger partial charge in [0.2, 0.25) is 0 Å². The van der Waals surface area contributed by atoms with E-state index in [1.807, 2.05) is 12.1 Å². The molecule has 0 amide bonds. The first-order valence-electron chi connectivity index (χ1n) is 8.17. The molecule has 1 saturated carbocycles. The van der Waals surface area contributed by atoms with E-state index in [4.69, 9.17) is 9.47 Å². The van der Waals surface area contributed by atoms with Crippen LogP contribution in [0.4, 0.5) is 5.69 Å². The highest BCUT2D eigenvalue weighted by atomic mass is 16.5. The summed E-state index contributed by atoms with van der Waals surface area (Å²) in [7, 11) is 1.68. The zero-order valence-corrected chi connectivity index (χ0v) is 13.6. The van der Waals surface area contributed by atoms with Gasteiger partial charge in [-0.05, 0) is 61.8 Å². The zero-order chi connectivity index (χ0) is 15.1. The Hall–Kier alpha value is -1.22. The van der Waals surface area contributed by atoms with Crippen molar-refractivity contribution in [2.45, 2.75) is 45.6 Å². The highest BCUT2D eigenvalue weighted by molar-refractivity contribution is 5.47. The van der Waals surface area contributed by atoms with Gasteiger partial charge in [0.15, 0.2) is 0 Å². The summed E-state index contributed by atoms with van der Waals surface area (Å²) in [5, 5.41) is 3.65. The van der Waals surface area contributed by atoms with E-state index in [0.717, 1.165) is 17.6 Å². The molecular formula is C18H29NO2. The van der Waals surface area contributed by atoms with E-state index >= 15 is 0 Å². The fourth-order valence-electron chi connectivity index (χ4n) is 3.06. The molecule has 1 aliphatic rings.